The third-order valence-corrected chi connectivity index (χ3v) is 1.78. The first-order valence-electron chi connectivity index (χ1n) is 3.59. The molecule has 1 aromatic rings. The summed E-state index contributed by atoms with van der Waals surface area (Å²) in [6.07, 6.45) is 0. The van der Waals surface area contributed by atoms with Crippen molar-refractivity contribution in [3.8, 4) is 5.75 Å². The first-order valence-corrected chi connectivity index (χ1v) is 4.35. The van der Waals surface area contributed by atoms with Crippen molar-refractivity contribution in [1.82, 2.24) is 0 Å². The Kier molecular flexibility index (Phi) is 6.58. The van der Waals surface area contributed by atoms with Gasteiger partial charge in [-0.25, -0.2) is 4.79 Å². The Balaban J connectivity index is 0.000000921. The Labute approximate surface area is 96.1 Å². The molecule has 0 bridgehead atoms. The van der Waals surface area contributed by atoms with Gasteiger partial charge < -0.3 is 9.84 Å². The van der Waals surface area contributed by atoms with Gasteiger partial charge in [0.05, 0.1) is 5.02 Å². The second kappa shape index (κ2) is 7.15. The van der Waals surface area contributed by atoms with E-state index in [0.717, 1.165) is 0 Å². The fourth-order valence-electron chi connectivity index (χ4n) is 0.732. The summed E-state index contributed by atoms with van der Waals surface area (Å²) in [4.78, 5) is 10.2. The van der Waals surface area contributed by atoms with Crippen LogP contribution in [-0.2, 0) is 9.45 Å². The summed E-state index contributed by atoms with van der Waals surface area (Å²) in [6, 6.07) is 4.58. The first kappa shape index (κ1) is 13.8. The number of halogens is 2. The van der Waals surface area contributed by atoms with E-state index in [1.807, 2.05) is 0 Å². The molecule has 0 aliphatic heterocycles. The molecule has 15 heavy (non-hydrogen) atoms. The van der Waals surface area contributed by atoms with Crippen LogP contribution in [0.2, 0.25) is 10.0 Å². The van der Waals surface area contributed by atoms with E-state index in [4.69, 9.17) is 37.7 Å². The van der Waals surface area contributed by atoms with E-state index in [-0.39, 0.29) is 0 Å². The van der Waals surface area contributed by atoms with Gasteiger partial charge in [0.2, 0.25) is 0 Å². The summed E-state index contributed by atoms with van der Waals surface area (Å²) in [5, 5.41) is 9.11. The number of hydrogen-bond acceptors (Lipinski definition) is 2. The second-order valence-electron chi connectivity index (χ2n) is 2.26. The maximum atomic E-state index is 10.2. The molecule has 0 amide bonds. The number of hydrogen-bond donors (Lipinski definition) is 1. The molecule has 0 saturated heterocycles. The average molecular weight is 249 g/mol. The molecule has 4 nitrogen and oxygen atoms in total. The van der Waals surface area contributed by atoms with Crippen LogP contribution in [-0.4, -0.2) is 17.7 Å². The molecule has 0 heterocycles. The van der Waals surface area contributed by atoms with Gasteiger partial charge in [-0.05, 0) is 18.2 Å². The molecule has 0 atom stereocenters. The van der Waals surface area contributed by atoms with Gasteiger partial charge >= 0.3 is 17.3 Å². The zero-order valence-electron chi connectivity index (χ0n) is 7.37. The molecule has 0 spiro atoms. The Hall–Kier alpha value is -1.19. The number of aliphatic carboxylic acids is 1. The number of rotatable bonds is 3. The molecule has 0 aliphatic rings. The van der Waals surface area contributed by atoms with Crippen LogP contribution in [0.1, 0.15) is 0 Å². The van der Waals surface area contributed by atoms with Crippen LogP contribution in [0.25, 0.3) is 0 Å². The fraction of sp³-hybridized carbons (Fsp3) is 0.111. The number of benzene rings is 1. The van der Waals surface area contributed by atoms with E-state index in [2.05, 4.69) is 6.65 Å². The van der Waals surface area contributed by atoms with Gasteiger partial charge in [0.25, 0.3) is 0 Å². The van der Waals surface area contributed by atoms with Crippen molar-refractivity contribution in [2.45, 2.75) is 0 Å². The van der Waals surface area contributed by atoms with Crippen molar-refractivity contribution in [2.75, 3.05) is 6.61 Å². The van der Waals surface area contributed by atoms with E-state index >= 15 is 0 Å². The molecule has 0 unspecified atom stereocenters. The topological polar surface area (TPSA) is 66.4 Å². The molecule has 6 heteroatoms. The third-order valence-electron chi connectivity index (χ3n) is 1.25. The molecule has 0 radical (unpaired) electrons. The van der Waals surface area contributed by atoms with Crippen molar-refractivity contribution in [3.05, 3.63) is 34.9 Å². The van der Waals surface area contributed by atoms with E-state index in [9.17, 15) is 4.79 Å². The molecule has 80 valence electrons. The summed E-state index contributed by atoms with van der Waals surface area (Å²) >= 11 is 11.3. The van der Waals surface area contributed by atoms with Gasteiger partial charge in [0, 0.05) is 5.02 Å². The average Bonchev–Trinajstić information content (AvgIpc) is 2.19. The monoisotopic (exact) mass is 248 g/mol. The Morgan fingerprint density at radius 1 is 1.47 bits per heavy atom. The summed E-state index contributed by atoms with van der Waals surface area (Å²) < 4.78 is 12.4. The number of carbonyl (C=O) groups is 1. The predicted octanol–water partition coefficient (Wildman–Crippen LogP) is 2.42. The van der Waals surface area contributed by atoms with Gasteiger partial charge in [0.15, 0.2) is 6.61 Å². The number of carboxylic acids is 1. The van der Waals surface area contributed by atoms with Crippen molar-refractivity contribution >= 4 is 29.2 Å². The standard InChI is InChI=1S/C8H6Cl2O3.CO/c9-5-1-2-7(6(10)3-5)13-4-8(11)12;1-2/h1-3H,4H2,(H,11,12);. The molecular weight excluding hydrogens is 243 g/mol. The van der Waals surface area contributed by atoms with Crippen LogP contribution in [0.5, 0.6) is 5.75 Å². The van der Waals surface area contributed by atoms with Crippen molar-refractivity contribution in [3.63, 3.8) is 0 Å². The SMILES string of the molecule is O=C(O)COc1ccc(Cl)cc1Cl.[C-]#[O+]. The minimum absolute atomic E-state index is 0.300. The van der Waals surface area contributed by atoms with Gasteiger partial charge in [-0.15, -0.1) is 0 Å². The summed E-state index contributed by atoms with van der Waals surface area (Å²) in [5.74, 6) is -0.737. The van der Waals surface area contributed by atoms with Crippen LogP contribution >= 0.6 is 23.2 Å². The third kappa shape index (κ3) is 5.30. The molecule has 1 aromatic carbocycles. The summed E-state index contributed by atoms with van der Waals surface area (Å²) in [7, 11) is 0. The van der Waals surface area contributed by atoms with Gasteiger partial charge in [-0.1, -0.05) is 23.2 Å². The van der Waals surface area contributed by atoms with E-state index in [1.54, 1.807) is 6.07 Å². The van der Waals surface area contributed by atoms with Crippen molar-refractivity contribution < 1.29 is 19.3 Å². The summed E-state index contributed by atoms with van der Waals surface area (Å²) in [5.41, 5.74) is 0. The predicted molar refractivity (Wildman–Crippen MR) is 53.5 cm³/mol. The maximum absolute atomic E-state index is 10.2. The zero-order chi connectivity index (χ0) is 11.8. The van der Waals surface area contributed by atoms with Crippen LogP contribution < -0.4 is 4.74 Å². The quantitative estimate of drug-likeness (QED) is 0.660. The Morgan fingerprint density at radius 2 is 2.07 bits per heavy atom. The molecule has 1 rings (SSSR count). The fourth-order valence-corrected chi connectivity index (χ4v) is 1.19. The van der Waals surface area contributed by atoms with Crippen molar-refractivity contribution in [1.29, 1.82) is 0 Å². The molecule has 0 fully saturated rings. The van der Waals surface area contributed by atoms with E-state index < -0.39 is 12.6 Å². The normalized spacial score (nSPS) is 8.53. The van der Waals surface area contributed by atoms with Gasteiger partial charge in [-0.3, -0.25) is 0 Å². The first-order chi connectivity index (χ1) is 7.09. The second-order valence-corrected chi connectivity index (χ2v) is 3.10. The van der Waals surface area contributed by atoms with E-state index in [1.165, 1.54) is 12.1 Å². The van der Waals surface area contributed by atoms with Crippen LogP contribution in [0.15, 0.2) is 18.2 Å². The van der Waals surface area contributed by atoms with Crippen LogP contribution in [0, 0.1) is 6.65 Å². The molecule has 0 aliphatic carbocycles. The Morgan fingerprint density at radius 3 is 2.53 bits per heavy atom. The zero-order valence-corrected chi connectivity index (χ0v) is 8.88. The van der Waals surface area contributed by atoms with E-state index in [0.29, 0.717) is 15.8 Å². The van der Waals surface area contributed by atoms with Gasteiger partial charge in [-0.2, -0.15) is 0 Å². The Bertz CT molecular complexity index is 362. The number of ether oxygens (including phenoxy) is 1. The minimum atomic E-state index is -1.05. The van der Waals surface area contributed by atoms with Gasteiger partial charge in [0.1, 0.15) is 5.75 Å². The molecule has 0 aromatic heterocycles. The molecule has 1 N–H and O–H groups in total. The summed E-state index contributed by atoms with van der Waals surface area (Å²) in [6.45, 7) is 4.08. The molecule has 0 saturated carbocycles. The number of carboxylic acid groups (broad SMARTS) is 1. The van der Waals surface area contributed by atoms with Crippen LogP contribution in [0.4, 0.5) is 0 Å². The van der Waals surface area contributed by atoms with Crippen LogP contribution in [0.3, 0.4) is 0 Å². The van der Waals surface area contributed by atoms with Crippen molar-refractivity contribution in [2.24, 2.45) is 0 Å². The molecular formula is C9H6Cl2O4.